The first kappa shape index (κ1) is 14.2. The van der Waals surface area contributed by atoms with E-state index in [9.17, 15) is 4.79 Å². The number of hydrogen-bond acceptors (Lipinski definition) is 1. The number of rotatable bonds is 4. The van der Waals surface area contributed by atoms with Crippen LogP contribution >= 0.6 is 15.9 Å². The Morgan fingerprint density at radius 1 is 1.35 bits per heavy atom. The van der Waals surface area contributed by atoms with E-state index in [2.05, 4.69) is 42.0 Å². The molecule has 0 spiro atoms. The molecule has 0 bridgehead atoms. The molecule has 1 unspecified atom stereocenters. The zero-order valence-electron chi connectivity index (χ0n) is 10.9. The fourth-order valence-electron chi connectivity index (χ4n) is 1.86. The molecule has 1 amide bonds. The average Bonchev–Trinajstić information content (AvgIpc) is 2.23. The molecule has 0 aromatic heterocycles. The molecule has 1 N–H and O–H groups in total. The Morgan fingerprint density at radius 2 is 2.00 bits per heavy atom. The standard InChI is InChI=1S/C14H20BrNO/c1-5-13(9(2)3)16-14(17)11-6-10(4)7-12(15)8-11/h6-9,13H,5H2,1-4H3,(H,16,17). The van der Waals surface area contributed by atoms with Crippen molar-refractivity contribution in [2.45, 2.75) is 40.2 Å². The number of halogens is 1. The van der Waals surface area contributed by atoms with E-state index >= 15 is 0 Å². The van der Waals surface area contributed by atoms with Gasteiger partial charge >= 0.3 is 0 Å². The third-order valence-electron chi connectivity index (χ3n) is 2.87. The Balaban J connectivity index is 2.82. The van der Waals surface area contributed by atoms with Gasteiger partial charge in [-0.1, -0.05) is 36.7 Å². The Morgan fingerprint density at radius 3 is 2.47 bits per heavy atom. The zero-order valence-corrected chi connectivity index (χ0v) is 12.5. The van der Waals surface area contributed by atoms with Crippen molar-refractivity contribution >= 4 is 21.8 Å². The molecule has 2 nitrogen and oxygen atoms in total. The molecular formula is C14H20BrNO. The molecule has 0 saturated carbocycles. The summed E-state index contributed by atoms with van der Waals surface area (Å²) in [6.45, 7) is 8.33. The van der Waals surface area contributed by atoms with E-state index in [1.54, 1.807) is 0 Å². The maximum atomic E-state index is 12.1. The highest BCUT2D eigenvalue weighted by atomic mass is 79.9. The van der Waals surface area contributed by atoms with Crippen molar-refractivity contribution < 1.29 is 4.79 Å². The van der Waals surface area contributed by atoms with Gasteiger partial charge in [0.05, 0.1) is 0 Å². The van der Waals surface area contributed by atoms with Gasteiger partial charge in [0.25, 0.3) is 5.91 Å². The van der Waals surface area contributed by atoms with Crippen molar-refractivity contribution in [2.24, 2.45) is 5.92 Å². The van der Waals surface area contributed by atoms with Crippen LogP contribution in [0.4, 0.5) is 0 Å². The first-order valence-electron chi connectivity index (χ1n) is 6.02. The van der Waals surface area contributed by atoms with Gasteiger partial charge in [0.2, 0.25) is 0 Å². The predicted molar refractivity (Wildman–Crippen MR) is 75.3 cm³/mol. The molecule has 3 heteroatoms. The molecule has 0 aliphatic carbocycles. The Kier molecular flexibility index (Phi) is 5.19. The van der Waals surface area contributed by atoms with Gasteiger partial charge in [-0.15, -0.1) is 0 Å². The minimum Gasteiger partial charge on any atom is -0.349 e. The number of carbonyl (C=O) groups excluding carboxylic acids is 1. The minimum absolute atomic E-state index is 0.00921. The Labute approximate surface area is 112 Å². The minimum atomic E-state index is 0.00921. The van der Waals surface area contributed by atoms with Crippen LogP contribution in [0.5, 0.6) is 0 Å². The van der Waals surface area contributed by atoms with Gasteiger partial charge in [0.15, 0.2) is 0 Å². The molecule has 1 aromatic carbocycles. The van der Waals surface area contributed by atoms with Crippen LogP contribution < -0.4 is 5.32 Å². The monoisotopic (exact) mass is 297 g/mol. The lowest BCUT2D eigenvalue weighted by molar-refractivity contribution is 0.0924. The third-order valence-corrected chi connectivity index (χ3v) is 3.32. The normalized spacial score (nSPS) is 12.6. The Bertz CT molecular complexity index is 381. The molecule has 94 valence electrons. The molecule has 0 saturated heterocycles. The molecule has 1 rings (SSSR count). The van der Waals surface area contributed by atoms with Crippen LogP contribution in [-0.4, -0.2) is 11.9 Å². The van der Waals surface area contributed by atoms with E-state index in [0.717, 1.165) is 22.0 Å². The van der Waals surface area contributed by atoms with Gasteiger partial charge < -0.3 is 5.32 Å². The lowest BCUT2D eigenvalue weighted by Gasteiger charge is -2.20. The van der Waals surface area contributed by atoms with Crippen molar-refractivity contribution in [1.29, 1.82) is 0 Å². The van der Waals surface area contributed by atoms with Gasteiger partial charge in [0, 0.05) is 16.1 Å². The summed E-state index contributed by atoms with van der Waals surface area (Å²) >= 11 is 3.41. The summed E-state index contributed by atoms with van der Waals surface area (Å²) in [5.41, 5.74) is 1.80. The lowest BCUT2D eigenvalue weighted by Crippen LogP contribution is -2.38. The topological polar surface area (TPSA) is 29.1 Å². The second-order valence-corrected chi connectivity index (χ2v) is 5.67. The largest absolute Gasteiger partial charge is 0.349 e. The van der Waals surface area contributed by atoms with E-state index in [1.165, 1.54) is 0 Å². The van der Waals surface area contributed by atoms with Gasteiger partial charge in [-0.25, -0.2) is 0 Å². The van der Waals surface area contributed by atoms with Gasteiger partial charge in [-0.05, 0) is 43.0 Å². The molecule has 1 atom stereocenters. The molecule has 0 fully saturated rings. The van der Waals surface area contributed by atoms with Crippen molar-refractivity contribution in [1.82, 2.24) is 5.32 Å². The van der Waals surface area contributed by atoms with Crippen LogP contribution in [0.2, 0.25) is 0 Å². The second-order valence-electron chi connectivity index (χ2n) is 4.75. The van der Waals surface area contributed by atoms with E-state index in [1.807, 2.05) is 25.1 Å². The van der Waals surface area contributed by atoms with Crippen molar-refractivity contribution in [3.05, 3.63) is 33.8 Å². The summed E-state index contributed by atoms with van der Waals surface area (Å²) in [6, 6.07) is 6.00. The fraction of sp³-hybridized carbons (Fsp3) is 0.500. The lowest BCUT2D eigenvalue weighted by atomic mass is 10.0. The van der Waals surface area contributed by atoms with E-state index in [4.69, 9.17) is 0 Å². The van der Waals surface area contributed by atoms with Crippen molar-refractivity contribution in [3.63, 3.8) is 0 Å². The second kappa shape index (κ2) is 6.20. The van der Waals surface area contributed by atoms with Gasteiger partial charge in [0.1, 0.15) is 0 Å². The van der Waals surface area contributed by atoms with Crippen LogP contribution in [0.1, 0.15) is 43.1 Å². The maximum Gasteiger partial charge on any atom is 0.251 e. The fourth-order valence-corrected chi connectivity index (χ4v) is 2.47. The molecule has 17 heavy (non-hydrogen) atoms. The van der Waals surface area contributed by atoms with Crippen molar-refractivity contribution in [2.75, 3.05) is 0 Å². The number of nitrogens with one attached hydrogen (secondary N) is 1. The SMILES string of the molecule is CCC(NC(=O)c1cc(C)cc(Br)c1)C(C)C. The molecule has 0 radical (unpaired) electrons. The summed E-state index contributed by atoms with van der Waals surface area (Å²) < 4.78 is 0.945. The zero-order chi connectivity index (χ0) is 13.0. The molecule has 0 aliphatic rings. The summed E-state index contributed by atoms with van der Waals surface area (Å²) in [6.07, 6.45) is 0.955. The van der Waals surface area contributed by atoms with Gasteiger partial charge in [-0.2, -0.15) is 0 Å². The first-order valence-corrected chi connectivity index (χ1v) is 6.81. The summed E-state index contributed by atoms with van der Waals surface area (Å²) in [5, 5.41) is 3.08. The smallest absolute Gasteiger partial charge is 0.251 e. The van der Waals surface area contributed by atoms with E-state index in [0.29, 0.717) is 5.92 Å². The molecule has 0 aliphatic heterocycles. The van der Waals surface area contributed by atoms with E-state index < -0.39 is 0 Å². The van der Waals surface area contributed by atoms with Gasteiger partial charge in [-0.3, -0.25) is 4.79 Å². The highest BCUT2D eigenvalue weighted by Crippen LogP contribution is 2.16. The van der Waals surface area contributed by atoms with E-state index in [-0.39, 0.29) is 11.9 Å². The Hall–Kier alpha value is -0.830. The maximum absolute atomic E-state index is 12.1. The van der Waals surface area contributed by atoms with Crippen molar-refractivity contribution in [3.8, 4) is 0 Å². The van der Waals surface area contributed by atoms with Crippen LogP contribution in [0.3, 0.4) is 0 Å². The number of hydrogen-bond donors (Lipinski definition) is 1. The first-order chi connectivity index (χ1) is 7.93. The number of amides is 1. The van der Waals surface area contributed by atoms with Crippen LogP contribution in [-0.2, 0) is 0 Å². The summed E-state index contributed by atoms with van der Waals surface area (Å²) in [4.78, 5) is 12.1. The molecular weight excluding hydrogens is 278 g/mol. The number of carbonyl (C=O) groups is 1. The predicted octanol–water partition coefficient (Wildman–Crippen LogP) is 3.92. The number of aryl methyl sites for hydroxylation is 1. The van der Waals surface area contributed by atoms with Crippen LogP contribution in [0.15, 0.2) is 22.7 Å². The summed E-state index contributed by atoms with van der Waals surface area (Å²) in [5.74, 6) is 0.465. The third kappa shape index (κ3) is 4.15. The molecule has 0 heterocycles. The number of benzene rings is 1. The van der Waals surface area contributed by atoms with Crippen LogP contribution in [0.25, 0.3) is 0 Å². The van der Waals surface area contributed by atoms with Crippen LogP contribution in [0, 0.1) is 12.8 Å². The quantitative estimate of drug-likeness (QED) is 0.896. The molecule has 1 aromatic rings. The highest BCUT2D eigenvalue weighted by Gasteiger charge is 2.15. The average molecular weight is 298 g/mol. The highest BCUT2D eigenvalue weighted by molar-refractivity contribution is 9.10. The summed E-state index contributed by atoms with van der Waals surface area (Å²) in [7, 11) is 0.